The van der Waals surface area contributed by atoms with E-state index >= 15 is 0 Å². The van der Waals surface area contributed by atoms with Gasteiger partial charge in [-0.25, -0.2) is 9.59 Å². The van der Waals surface area contributed by atoms with Crippen molar-refractivity contribution in [2.24, 2.45) is 5.73 Å². The quantitative estimate of drug-likeness (QED) is 0.525. The van der Waals surface area contributed by atoms with Crippen LogP contribution in [-0.2, 0) is 14.3 Å². The van der Waals surface area contributed by atoms with Gasteiger partial charge in [0, 0.05) is 12.2 Å². The van der Waals surface area contributed by atoms with Gasteiger partial charge in [0.25, 0.3) is 5.91 Å². The lowest BCUT2D eigenvalue weighted by Crippen LogP contribution is -2.13. The van der Waals surface area contributed by atoms with Gasteiger partial charge < -0.3 is 20.9 Å². The van der Waals surface area contributed by atoms with Gasteiger partial charge in [-0.05, 0) is 19.4 Å². The number of carboxylic acid groups (broad SMARTS) is 1. The van der Waals surface area contributed by atoms with Crippen LogP contribution in [0.2, 0.25) is 0 Å². The molecule has 0 aliphatic heterocycles. The Labute approximate surface area is 129 Å². The molecule has 8 nitrogen and oxygen atoms in total. The van der Waals surface area contributed by atoms with Gasteiger partial charge in [0.15, 0.2) is 0 Å². The van der Waals surface area contributed by atoms with E-state index in [1.807, 2.05) is 0 Å². The fourth-order valence-corrected chi connectivity index (χ4v) is 2.64. The molecule has 0 saturated carbocycles. The largest absolute Gasteiger partial charge is 0.478 e. The summed E-state index contributed by atoms with van der Waals surface area (Å²) in [5, 5.41) is 10.9. The monoisotopic (exact) mass is 326 g/mol. The Morgan fingerprint density at radius 2 is 1.95 bits per heavy atom. The van der Waals surface area contributed by atoms with Gasteiger partial charge in [0.05, 0.1) is 17.0 Å². The number of hydrogen-bond acceptors (Lipinski definition) is 6. The van der Waals surface area contributed by atoms with E-state index in [9.17, 15) is 19.2 Å². The van der Waals surface area contributed by atoms with Crippen LogP contribution in [0.4, 0.5) is 5.00 Å². The third-order valence-corrected chi connectivity index (χ3v) is 3.69. The molecular weight excluding hydrogens is 312 g/mol. The van der Waals surface area contributed by atoms with E-state index in [4.69, 9.17) is 15.6 Å². The first kappa shape index (κ1) is 17.4. The normalized spacial score (nSPS) is 10.5. The van der Waals surface area contributed by atoms with Gasteiger partial charge in [-0.15, -0.1) is 11.3 Å². The minimum Gasteiger partial charge on any atom is -0.478 e. The molecule has 2 amide bonds. The van der Waals surface area contributed by atoms with Gasteiger partial charge in [-0.3, -0.25) is 9.59 Å². The summed E-state index contributed by atoms with van der Waals surface area (Å²) in [4.78, 5) is 45.4. The molecule has 1 rings (SSSR count). The molecule has 0 bridgehead atoms. The number of rotatable bonds is 6. The highest BCUT2D eigenvalue weighted by Gasteiger charge is 2.25. The molecule has 0 fully saturated rings. The molecular formula is C13H14N2O6S. The van der Waals surface area contributed by atoms with Crippen LogP contribution in [-0.4, -0.2) is 35.5 Å². The van der Waals surface area contributed by atoms with Gasteiger partial charge in [0.2, 0.25) is 5.91 Å². The molecule has 0 aliphatic rings. The summed E-state index contributed by atoms with van der Waals surface area (Å²) in [6, 6.07) is 0. The Morgan fingerprint density at radius 1 is 1.32 bits per heavy atom. The first-order valence-electron chi connectivity index (χ1n) is 6.10. The SMILES string of the molecule is CCOC(=O)c1c(NC(=O)/C=C/C(=O)O)sc(C(N)=O)c1C. The van der Waals surface area contributed by atoms with Crippen molar-refractivity contribution in [2.45, 2.75) is 13.8 Å². The van der Waals surface area contributed by atoms with Crippen LogP contribution in [0.3, 0.4) is 0 Å². The zero-order valence-corrected chi connectivity index (χ0v) is 12.7. The maximum atomic E-state index is 11.9. The summed E-state index contributed by atoms with van der Waals surface area (Å²) >= 11 is 0.822. The number of ether oxygens (including phenoxy) is 1. The highest BCUT2D eigenvalue weighted by Crippen LogP contribution is 2.33. The zero-order valence-electron chi connectivity index (χ0n) is 11.8. The second-order valence-electron chi connectivity index (χ2n) is 4.01. The number of esters is 1. The summed E-state index contributed by atoms with van der Waals surface area (Å²) in [7, 11) is 0. The lowest BCUT2D eigenvalue weighted by Gasteiger charge is -2.05. The summed E-state index contributed by atoms with van der Waals surface area (Å²) < 4.78 is 4.87. The zero-order chi connectivity index (χ0) is 16.9. The minimum absolute atomic E-state index is 0.0257. The fourth-order valence-electron chi connectivity index (χ4n) is 1.59. The fraction of sp³-hybridized carbons (Fsp3) is 0.231. The lowest BCUT2D eigenvalue weighted by atomic mass is 10.1. The number of anilines is 1. The Balaban J connectivity index is 3.19. The molecule has 0 spiro atoms. The van der Waals surface area contributed by atoms with Crippen LogP contribution >= 0.6 is 11.3 Å². The molecule has 0 aromatic carbocycles. The van der Waals surface area contributed by atoms with Crippen molar-refractivity contribution in [3.63, 3.8) is 0 Å². The highest BCUT2D eigenvalue weighted by atomic mass is 32.1. The lowest BCUT2D eigenvalue weighted by molar-refractivity contribution is -0.131. The average molecular weight is 326 g/mol. The molecule has 1 aromatic rings. The standard InChI is InChI=1S/C13H14N2O6S/c1-3-21-13(20)9-6(2)10(11(14)19)22-12(9)15-7(16)4-5-8(17)18/h4-5H,3H2,1-2H3,(H2,14,19)(H,15,16)(H,17,18)/b5-4+. The highest BCUT2D eigenvalue weighted by molar-refractivity contribution is 7.18. The van der Waals surface area contributed by atoms with Crippen molar-refractivity contribution < 1.29 is 29.0 Å². The Hall–Kier alpha value is -2.68. The summed E-state index contributed by atoms with van der Waals surface area (Å²) in [6.07, 6.45) is 1.44. The number of nitrogens with two attached hydrogens (primary N) is 1. The van der Waals surface area contributed by atoms with Gasteiger partial charge >= 0.3 is 11.9 Å². The number of amides is 2. The van der Waals surface area contributed by atoms with Crippen LogP contribution in [0.25, 0.3) is 0 Å². The predicted molar refractivity (Wildman–Crippen MR) is 78.9 cm³/mol. The molecule has 4 N–H and O–H groups in total. The van der Waals surface area contributed by atoms with Gasteiger partial charge in [-0.1, -0.05) is 0 Å². The number of carbonyl (C=O) groups is 4. The number of nitrogens with one attached hydrogen (secondary N) is 1. The molecule has 0 atom stereocenters. The summed E-state index contributed by atoms with van der Waals surface area (Å²) in [5.74, 6) is -3.50. The van der Waals surface area contributed by atoms with Crippen LogP contribution in [0.1, 0.15) is 32.5 Å². The molecule has 0 unspecified atom stereocenters. The number of carbonyl (C=O) groups excluding carboxylic acids is 3. The third kappa shape index (κ3) is 4.16. The first-order valence-corrected chi connectivity index (χ1v) is 6.91. The van der Waals surface area contributed by atoms with Crippen LogP contribution in [0.15, 0.2) is 12.2 Å². The number of thiophene rings is 1. The second kappa shape index (κ2) is 7.36. The number of primary amides is 1. The number of hydrogen-bond donors (Lipinski definition) is 3. The van der Waals surface area contributed by atoms with E-state index < -0.39 is 23.8 Å². The third-order valence-electron chi connectivity index (χ3n) is 2.46. The van der Waals surface area contributed by atoms with Crippen LogP contribution < -0.4 is 11.1 Å². The van der Waals surface area contributed by atoms with E-state index in [0.29, 0.717) is 11.6 Å². The Bertz CT molecular complexity index is 662. The van der Waals surface area contributed by atoms with Crippen molar-refractivity contribution >= 4 is 40.1 Å². The molecule has 0 radical (unpaired) electrons. The topological polar surface area (TPSA) is 136 Å². The average Bonchev–Trinajstić information content (AvgIpc) is 2.73. The molecule has 9 heteroatoms. The molecule has 1 aromatic heterocycles. The van der Waals surface area contributed by atoms with Crippen LogP contribution in [0.5, 0.6) is 0 Å². The van der Waals surface area contributed by atoms with Crippen molar-refractivity contribution in [1.29, 1.82) is 0 Å². The van der Waals surface area contributed by atoms with E-state index in [2.05, 4.69) is 5.32 Å². The molecule has 0 aliphatic carbocycles. The summed E-state index contributed by atoms with van der Waals surface area (Å²) in [6.45, 7) is 3.24. The van der Waals surface area contributed by atoms with Crippen molar-refractivity contribution in [1.82, 2.24) is 0 Å². The predicted octanol–water partition coefficient (Wildman–Crippen LogP) is 0.911. The second-order valence-corrected chi connectivity index (χ2v) is 5.03. The molecule has 118 valence electrons. The molecule has 1 heterocycles. The Kier molecular flexibility index (Phi) is 5.81. The van der Waals surface area contributed by atoms with Crippen LogP contribution in [0, 0.1) is 6.92 Å². The van der Waals surface area contributed by atoms with Crippen molar-refractivity contribution in [3.05, 3.63) is 28.2 Å². The molecule has 22 heavy (non-hydrogen) atoms. The van der Waals surface area contributed by atoms with E-state index in [1.165, 1.54) is 6.92 Å². The maximum absolute atomic E-state index is 11.9. The van der Waals surface area contributed by atoms with Gasteiger partial charge in [0.1, 0.15) is 5.00 Å². The summed E-state index contributed by atoms with van der Waals surface area (Å²) in [5.41, 5.74) is 5.54. The van der Waals surface area contributed by atoms with E-state index in [1.54, 1.807) is 6.92 Å². The smallest absolute Gasteiger partial charge is 0.341 e. The first-order chi connectivity index (χ1) is 10.3. The molecule has 0 saturated heterocycles. The van der Waals surface area contributed by atoms with Crippen molar-refractivity contribution in [2.75, 3.05) is 11.9 Å². The maximum Gasteiger partial charge on any atom is 0.341 e. The van der Waals surface area contributed by atoms with Gasteiger partial charge in [-0.2, -0.15) is 0 Å². The van der Waals surface area contributed by atoms with E-state index in [0.717, 1.165) is 17.4 Å². The van der Waals surface area contributed by atoms with Crippen molar-refractivity contribution in [3.8, 4) is 0 Å². The van der Waals surface area contributed by atoms with E-state index in [-0.39, 0.29) is 22.0 Å². The number of aliphatic carboxylic acids is 1. The Morgan fingerprint density at radius 3 is 2.45 bits per heavy atom. The minimum atomic E-state index is -1.29. The number of carboxylic acids is 1.